The molecule has 112 valence electrons. The number of amides is 1. The van der Waals surface area contributed by atoms with Crippen molar-refractivity contribution in [2.75, 3.05) is 19.6 Å². The van der Waals surface area contributed by atoms with Crippen LogP contribution in [0, 0.1) is 5.92 Å². The van der Waals surface area contributed by atoms with E-state index in [0.29, 0.717) is 0 Å². The third kappa shape index (κ3) is 13.5. The number of rotatable bonds is 2. The van der Waals surface area contributed by atoms with E-state index in [-0.39, 0.29) is 11.8 Å². The van der Waals surface area contributed by atoms with Crippen LogP contribution in [0.3, 0.4) is 0 Å². The Morgan fingerprint density at radius 3 is 1.61 bits per heavy atom. The Balaban J connectivity index is -0.000000274. The van der Waals surface area contributed by atoms with Crippen molar-refractivity contribution in [2.24, 2.45) is 11.7 Å². The molecule has 0 saturated carbocycles. The van der Waals surface area contributed by atoms with Crippen LogP contribution >= 0.6 is 0 Å². The zero-order valence-electron chi connectivity index (χ0n) is 13.8. The smallest absolute Gasteiger partial charge is 0.220 e. The van der Waals surface area contributed by atoms with E-state index in [4.69, 9.17) is 5.73 Å². The second-order valence-corrected chi connectivity index (χ2v) is 3.82. The second-order valence-electron chi connectivity index (χ2n) is 3.82. The van der Waals surface area contributed by atoms with Crippen molar-refractivity contribution in [1.29, 1.82) is 0 Å². The van der Waals surface area contributed by atoms with Gasteiger partial charge in [-0.1, -0.05) is 54.9 Å². The first-order chi connectivity index (χ1) is 8.65. The molecular formula is C15H36N2O. The lowest BCUT2D eigenvalue weighted by Gasteiger charge is -2.29. The lowest BCUT2D eigenvalue weighted by molar-refractivity contribution is -0.123. The molecule has 18 heavy (non-hydrogen) atoms. The molecule has 0 aliphatic carbocycles. The standard InChI is InChI=1S/C8H16N2O.C3H8.2C2H6/c1-2-10-5-3-7(4-6-10)8(9)11;1-3-2;2*1-2/h7H,2-6H2,1H3,(H2,9,11);3H2,1-2H3;2*1-2H3. The third-order valence-corrected chi connectivity index (χ3v) is 2.44. The Bertz CT molecular complexity index is 153. The normalized spacial score (nSPS) is 15.1. The van der Waals surface area contributed by atoms with Gasteiger partial charge in [0.25, 0.3) is 0 Å². The fraction of sp³-hybridized carbons (Fsp3) is 0.933. The van der Waals surface area contributed by atoms with Crippen molar-refractivity contribution >= 4 is 5.91 Å². The van der Waals surface area contributed by atoms with Crippen LogP contribution in [0.5, 0.6) is 0 Å². The van der Waals surface area contributed by atoms with Crippen LogP contribution in [0.25, 0.3) is 0 Å². The molecule has 1 saturated heterocycles. The summed E-state index contributed by atoms with van der Waals surface area (Å²) in [6, 6.07) is 0. The average molecular weight is 260 g/mol. The molecule has 1 aliphatic heterocycles. The van der Waals surface area contributed by atoms with E-state index in [0.717, 1.165) is 32.5 Å². The van der Waals surface area contributed by atoms with Gasteiger partial charge < -0.3 is 10.6 Å². The van der Waals surface area contributed by atoms with Gasteiger partial charge in [-0.2, -0.15) is 0 Å². The lowest BCUT2D eigenvalue weighted by atomic mass is 9.96. The molecule has 1 aliphatic rings. The second kappa shape index (κ2) is 18.8. The number of hydrogen-bond acceptors (Lipinski definition) is 2. The fourth-order valence-corrected chi connectivity index (χ4v) is 1.53. The number of piperidine rings is 1. The van der Waals surface area contributed by atoms with Gasteiger partial charge >= 0.3 is 0 Å². The molecule has 0 atom stereocenters. The van der Waals surface area contributed by atoms with Gasteiger partial charge in [-0.25, -0.2) is 0 Å². The highest BCUT2D eigenvalue weighted by Crippen LogP contribution is 2.15. The number of primary amides is 1. The van der Waals surface area contributed by atoms with Crippen molar-refractivity contribution in [3.8, 4) is 0 Å². The molecule has 0 bridgehead atoms. The molecule has 1 fully saturated rings. The van der Waals surface area contributed by atoms with Crippen LogP contribution in [-0.4, -0.2) is 30.4 Å². The minimum absolute atomic E-state index is 0.124. The summed E-state index contributed by atoms with van der Waals surface area (Å²) >= 11 is 0. The zero-order chi connectivity index (χ0) is 15.0. The Hall–Kier alpha value is -0.570. The van der Waals surface area contributed by atoms with Crippen LogP contribution in [0.15, 0.2) is 0 Å². The highest BCUT2D eigenvalue weighted by atomic mass is 16.1. The zero-order valence-corrected chi connectivity index (χ0v) is 13.8. The summed E-state index contributed by atoms with van der Waals surface area (Å²) in [6.45, 7) is 17.5. The maximum absolute atomic E-state index is 10.8. The summed E-state index contributed by atoms with van der Waals surface area (Å²) in [5.41, 5.74) is 5.20. The predicted octanol–water partition coefficient (Wildman–Crippen LogP) is 3.67. The minimum Gasteiger partial charge on any atom is -0.369 e. The molecule has 3 heteroatoms. The first-order valence-electron chi connectivity index (χ1n) is 7.67. The van der Waals surface area contributed by atoms with Gasteiger partial charge in [0.15, 0.2) is 0 Å². The molecule has 0 aromatic heterocycles. The Labute approximate surface area is 115 Å². The topological polar surface area (TPSA) is 46.3 Å². The number of likely N-dealkylation sites (tertiary alicyclic amines) is 1. The van der Waals surface area contributed by atoms with Gasteiger partial charge in [0.1, 0.15) is 0 Å². The van der Waals surface area contributed by atoms with Crippen LogP contribution in [0.2, 0.25) is 0 Å². The Kier molecular flexibility index (Phi) is 23.6. The van der Waals surface area contributed by atoms with Gasteiger partial charge in [0, 0.05) is 5.92 Å². The van der Waals surface area contributed by atoms with Crippen LogP contribution in [0.4, 0.5) is 0 Å². The third-order valence-electron chi connectivity index (χ3n) is 2.44. The lowest BCUT2D eigenvalue weighted by Crippen LogP contribution is -2.38. The van der Waals surface area contributed by atoms with Gasteiger partial charge in [-0.05, 0) is 32.5 Å². The number of nitrogens with zero attached hydrogens (tertiary/aromatic N) is 1. The highest BCUT2D eigenvalue weighted by Gasteiger charge is 2.21. The van der Waals surface area contributed by atoms with E-state index in [1.54, 1.807) is 0 Å². The molecule has 2 N–H and O–H groups in total. The number of hydrogen-bond donors (Lipinski definition) is 1. The van der Waals surface area contributed by atoms with Crippen molar-refractivity contribution in [3.63, 3.8) is 0 Å². The van der Waals surface area contributed by atoms with E-state index >= 15 is 0 Å². The molecule has 1 heterocycles. The maximum Gasteiger partial charge on any atom is 0.220 e. The molecule has 1 amide bonds. The van der Waals surface area contributed by atoms with Crippen LogP contribution in [0.1, 0.15) is 67.7 Å². The van der Waals surface area contributed by atoms with Crippen molar-refractivity contribution in [2.45, 2.75) is 67.7 Å². The van der Waals surface area contributed by atoms with E-state index in [9.17, 15) is 4.79 Å². The van der Waals surface area contributed by atoms with Crippen molar-refractivity contribution in [1.82, 2.24) is 4.90 Å². The van der Waals surface area contributed by atoms with Gasteiger partial charge in [-0.3, -0.25) is 4.79 Å². The van der Waals surface area contributed by atoms with Gasteiger partial charge in [0.2, 0.25) is 5.91 Å². The molecule has 0 spiro atoms. The summed E-state index contributed by atoms with van der Waals surface area (Å²) in [6.07, 6.45) is 3.15. The van der Waals surface area contributed by atoms with Crippen LogP contribution in [-0.2, 0) is 4.79 Å². The fourth-order valence-electron chi connectivity index (χ4n) is 1.53. The quantitative estimate of drug-likeness (QED) is 0.823. The largest absolute Gasteiger partial charge is 0.369 e. The first-order valence-corrected chi connectivity index (χ1v) is 7.67. The summed E-state index contributed by atoms with van der Waals surface area (Å²) in [5.74, 6) is 0.0125. The Morgan fingerprint density at radius 1 is 1.06 bits per heavy atom. The van der Waals surface area contributed by atoms with E-state index in [2.05, 4.69) is 25.7 Å². The van der Waals surface area contributed by atoms with Gasteiger partial charge in [-0.15, -0.1) is 0 Å². The van der Waals surface area contributed by atoms with Crippen LogP contribution < -0.4 is 5.73 Å². The number of carbonyl (C=O) groups excluding carboxylic acids is 1. The van der Waals surface area contributed by atoms with Crippen molar-refractivity contribution in [3.05, 3.63) is 0 Å². The van der Waals surface area contributed by atoms with E-state index in [1.807, 2.05) is 27.7 Å². The molecule has 0 radical (unpaired) electrons. The molecule has 1 rings (SSSR count). The molecule has 0 unspecified atom stereocenters. The summed E-state index contributed by atoms with van der Waals surface area (Å²) < 4.78 is 0. The molecule has 0 aromatic rings. The van der Waals surface area contributed by atoms with Crippen molar-refractivity contribution < 1.29 is 4.79 Å². The SMILES string of the molecule is CC.CC.CCC.CCN1CCC(C(N)=O)CC1. The molecule has 3 nitrogen and oxygen atoms in total. The maximum atomic E-state index is 10.8. The summed E-state index contributed by atoms with van der Waals surface area (Å²) in [4.78, 5) is 13.1. The summed E-state index contributed by atoms with van der Waals surface area (Å²) in [7, 11) is 0. The molecule has 0 aromatic carbocycles. The average Bonchev–Trinajstić information content (AvgIpc) is 2.44. The minimum atomic E-state index is -0.124. The number of carbonyl (C=O) groups is 1. The monoisotopic (exact) mass is 260 g/mol. The Morgan fingerprint density at radius 2 is 1.39 bits per heavy atom. The molecular weight excluding hydrogens is 224 g/mol. The van der Waals surface area contributed by atoms with E-state index in [1.165, 1.54) is 6.42 Å². The summed E-state index contributed by atoms with van der Waals surface area (Å²) in [5, 5.41) is 0. The first kappa shape index (κ1) is 22.6. The highest BCUT2D eigenvalue weighted by molar-refractivity contribution is 5.76. The van der Waals surface area contributed by atoms with E-state index < -0.39 is 0 Å². The number of nitrogens with two attached hydrogens (primary N) is 1. The predicted molar refractivity (Wildman–Crippen MR) is 82.7 cm³/mol. The van der Waals surface area contributed by atoms with Gasteiger partial charge in [0.05, 0.1) is 0 Å².